The number of epoxide rings is 1. The first-order valence-corrected chi connectivity index (χ1v) is 11.6. The van der Waals surface area contributed by atoms with Gasteiger partial charge in [0.1, 0.15) is 6.10 Å². The highest BCUT2D eigenvalue weighted by atomic mass is 16.6. The SMILES string of the molecule is CC(C)N(CCNC[C@@H]1C(=O)O[C@@H]2C[C@@]3(C)CCC[C@@]4(CO4)[C@H]3C[C@H]12)C(C)C. The highest BCUT2D eigenvalue weighted by molar-refractivity contribution is 5.75. The Balaban J connectivity index is 1.35. The van der Waals surface area contributed by atoms with Gasteiger partial charge in [0, 0.05) is 37.6 Å². The summed E-state index contributed by atoms with van der Waals surface area (Å²) < 4.78 is 11.9. The normalized spacial score (nSPS) is 42.2. The molecule has 2 aliphatic heterocycles. The van der Waals surface area contributed by atoms with Crippen molar-refractivity contribution in [1.82, 2.24) is 10.2 Å². The standard InChI is InChI=1S/C23H40N2O3/c1-15(2)25(16(3)4)10-9-24-13-18-17-11-20-22(5,12-19(17)28-21(18)26)7-6-8-23(20)14-27-23/h15-20,24H,6-14H2,1-5H3/t17-,18+,19-,20+,22-,23-/m1/s1. The van der Waals surface area contributed by atoms with Crippen molar-refractivity contribution in [3.05, 3.63) is 0 Å². The predicted molar refractivity (Wildman–Crippen MR) is 110 cm³/mol. The summed E-state index contributed by atoms with van der Waals surface area (Å²) in [5.74, 6) is 1.01. The lowest BCUT2D eigenvalue weighted by Crippen LogP contribution is -2.51. The molecule has 4 fully saturated rings. The molecule has 6 atom stereocenters. The summed E-state index contributed by atoms with van der Waals surface area (Å²) in [7, 11) is 0. The quantitative estimate of drug-likeness (QED) is 0.410. The van der Waals surface area contributed by atoms with E-state index >= 15 is 0 Å². The van der Waals surface area contributed by atoms with Gasteiger partial charge in [-0.15, -0.1) is 0 Å². The fourth-order valence-corrected chi connectivity index (χ4v) is 6.77. The molecular weight excluding hydrogens is 352 g/mol. The number of esters is 1. The summed E-state index contributed by atoms with van der Waals surface area (Å²) in [6.45, 7) is 15.0. The molecule has 28 heavy (non-hydrogen) atoms. The van der Waals surface area contributed by atoms with Crippen molar-refractivity contribution >= 4 is 5.97 Å². The van der Waals surface area contributed by atoms with E-state index in [0.717, 1.165) is 39.1 Å². The molecule has 0 unspecified atom stereocenters. The van der Waals surface area contributed by atoms with Crippen molar-refractivity contribution in [2.75, 3.05) is 26.2 Å². The summed E-state index contributed by atoms with van der Waals surface area (Å²) in [5.41, 5.74) is 0.421. The first-order chi connectivity index (χ1) is 13.3. The summed E-state index contributed by atoms with van der Waals surface area (Å²) in [6.07, 6.45) is 5.98. The maximum atomic E-state index is 12.7. The molecule has 1 spiro atoms. The minimum atomic E-state index is 0.0128. The predicted octanol–water partition coefficient (Wildman–Crippen LogP) is 3.22. The third-order valence-corrected chi connectivity index (χ3v) is 8.32. The van der Waals surface area contributed by atoms with Crippen LogP contribution in [0.5, 0.6) is 0 Å². The zero-order valence-electron chi connectivity index (χ0n) is 18.5. The topological polar surface area (TPSA) is 54.1 Å². The van der Waals surface area contributed by atoms with E-state index in [1.165, 1.54) is 19.3 Å². The van der Waals surface area contributed by atoms with E-state index in [1.807, 2.05) is 0 Å². The molecule has 0 radical (unpaired) electrons. The Kier molecular flexibility index (Phi) is 5.56. The minimum absolute atomic E-state index is 0.0128. The summed E-state index contributed by atoms with van der Waals surface area (Å²) in [4.78, 5) is 15.2. The first-order valence-electron chi connectivity index (χ1n) is 11.6. The second-order valence-electron chi connectivity index (χ2n) is 10.7. The maximum Gasteiger partial charge on any atom is 0.310 e. The molecule has 2 aliphatic carbocycles. The van der Waals surface area contributed by atoms with E-state index in [4.69, 9.17) is 9.47 Å². The van der Waals surface area contributed by atoms with Gasteiger partial charge in [-0.1, -0.05) is 6.92 Å². The number of hydrogen-bond acceptors (Lipinski definition) is 5. The fourth-order valence-electron chi connectivity index (χ4n) is 6.77. The van der Waals surface area contributed by atoms with Crippen LogP contribution in [0.2, 0.25) is 0 Å². The van der Waals surface area contributed by atoms with E-state index in [0.29, 0.717) is 23.9 Å². The maximum absolute atomic E-state index is 12.7. The largest absolute Gasteiger partial charge is 0.462 e. The van der Waals surface area contributed by atoms with Gasteiger partial charge in [-0.25, -0.2) is 0 Å². The van der Waals surface area contributed by atoms with E-state index in [2.05, 4.69) is 44.8 Å². The number of ether oxygens (including phenoxy) is 2. The number of nitrogens with one attached hydrogen (secondary N) is 1. The second kappa shape index (κ2) is 7.55. The van der Waals surface area contributed by atoms with E-state index in [9.17, 15) is 4.79 Å². The van der Waals surface area contributed by atoms with Gasteiger partial charge in [-0.3, -0.25) is 9.69 Å². The van der Waals surface area contributed by atoms with E-state index < -0.39 is 0 Å². The fraction of sp³-hybridized carbons (Fsp3) is 0.957. The van der Waals surface area contributed by atoms with Crippen LogP contribution in [0.4, 0.5) is 0 Å². The monoisotopic (exact) mass is 392 g/mol. The number of rotatable bonds is 7. The van der Waals surface area contributed by atoms with Crippen molar-refractivity contribution in [2.45, 2.75) is 90.5 Å². The van der Waals surface area contributed by atoms with Crippen molar-refractivity contribution in [1.29, 1.82) is 0 Å². The molecule has 0 aromatic heterocycles. The van der Waals surface area contributed by atoms with Gasteiger partial charge >= 0.3 is 5.97 Å². The number of carbonyl (C=O) groups is 1. The zero-order chi connectivity index (χ0) is 20.1. The van der Waals surface area contributed by atoms with Crippen LogP contribution < -0.4 is 5.32 Å². The van der Waals surface area contributed by atoms with Gasteiger partial charge in [0.25, 0.3) is 0 Å². The van der Waals surface area contributed by atoms with Crippen molar-refractivity contribution < 1.29 is 14.3 Å². The smallest absolute Gasteiger partial charge is 0.310 e. The molecule has 0 amide bonds. The minimum Gasteiger partial charge on any atom is -0.462 e. The Labute approximate surface area is 170 Å². The number of hydrogen-bond donors (Lipinski definition) is 1. The third kappa shape index (κ3) is 3.63. The number of carbonyl (C=O) groups excluding carboxylic acids is 1. The van der Waals surface area contributed by atoms with Crippen LogP contribution in [0.1, 0.15) is 66.7 Å². The van der Waals surface area contributed by atoms with Crippen molar-refractivity contribution in [2.24, 2.45) is 23.2 Å². The number of fused-ring (bicyclic) bond motifs is 3. The molecule has 2 saturated carbocycles. The van der Waals surface area contributed by atoms with Crippen LogP contribution in [-0.2, 0) is 14.3 Å². The van der Waals surface area contributed by atoms with Crippen LogP contribution in [0, 0.1) is 23.2 Å². The van der Waals surface area contributed by atoms with Gasteiger partial charge in [-0.05, 0) is 71.1 Å². The molecule has 160 valence electrons. The van der Waals surface area contributed by atoms with Crippen LogP contribution in [0.25, 0.3) is 0 Å². The average Bonchev–Trinajstić information content (AvgIpc) is 3.30. The lowest BCUT2D eigenvalue weighted by atomic mass is 9.53. The lowest BCUT2D eigenvalue weighted by molar-refractivity contribution is -0.147. The molecule has 0 aromatic carbocycles. The Morgan fingerprint density at radius 1 is 1.21 bits per heavy atom. The van der Waals surface area contributed by atoms with Crippen LogP contribution in [-0.4, -0.2) is 60.9 Å². The van der Waals surface area contributed by atoms with Crippen molar-refractivity contribution in [3.8, 4) is 0 Å². The average molecular weight is 393 g/mol. The van der Waals surface area contributed by atoms with Gasteiger partial charge in [0.15, 0.2) is 0 Å². The Bertz CT molecular complexity index is 580. The zero-order valence-corrected chi connectivity index (χ0v) is 18.5. The summed E-state index contributed by atoms with van der Waals surface area (Å²) >= 11 is 0. The summed E-state index contributed by atoms with van der Waals surface area (Å²) in [6, 6.07) is 1.08. The summed E-state index contributed by atoms with van der Waals surface area (Å²) in [5, 5.41) is 3.58. The van der Waals surface area contributed by atoms with Gasteiger partial charge in [-0.2, -0.15) is 0 Å². The molecular formula is C23H40N2O3. The van der Waals surface area contributed by atoms with E-state index in [-0.39, 0.29) is 29.0 Å². The first kappa shape index (κ1) is 20.6. The Hall–Kier alpha value is -0.650. The lowest BCUT2D eigenvalue weighted by Gasteiger charge is -2.51. The van der Waals surface area contributed by atoms with Gasteiger partial charge in [0.2, 0.25) is 0 Å². The molecule has 4 rings (SSSR count). The van der Waals surface area contributed by atoms with Gasteiger partial charge in [0.05, 0.1) is 18.1 Å². The third-order valence-electron chi connectivity index (χ3n) is 8.32. The molecule has 0 aromatic rings. The molecule has 1 N–H and O–H groups in total. The Morgan fingerprint density at radius 2 is 1.93 bits per heavy atom. The molecule has 2 saturated heterocycles. The highest BCUT2D eigenvalue weighted by Crippen LogP contribution is 2.62. The second-order valence-corrected chi connectivity index (χ2v) is 10.7. The van der Waals surface area contributed by atoms with E-state index in [1.54, 1.807) is 0 Å². The highest BCUT2D eigenvalue weighted by Gasteiger charge is 2.64. The molecule has 5 heteroatoms. The molecule has 2 heterocycles. The van der Waals surface area contributed by atoms with Gasteiger partial charge < -0.3 is 14.8 Å². The Morgan fingerprint density at radius 3 is 2.57 bits per heavy atom. The van der Waals surface area contributed by atoms with Crippen LogP contribution in [0.15, 0.2) is 0 Å². The molecule has 0 bridgehead atoms. The number of nitrogens with zero attached hydrogens (tertiary/aromatic N) is 1. The molecule has 5 nitrogen and oxygen atoms in total. The van der Waals surface area contributed by atoms with Crippen molar-refractivity contribution in [3.63, 3.8) is 0 Å². The van der Waals surface area contributed by atoms with Crippen LogP contribution in [0.3, 0.4) is 0 Å². The van der Waals surface area contributed by atoms with Crippen LogP contribution >= 0.6 is 0 Å². The molecule has 4 aliphatic rings.